The number of hydrogen-bond acceptors (Lipinski definition) is 3. The van der Waals surface area contributed by atoms with Crippen molar-refractivity contribution in [2.24, 2.45) is 0 Å². The highest BCUT2D eigenvalue weighted by atomic mass is 79.9. The Kier molecular flexibility index (Phi) is 4.91. The highest BCUT2D eigenvalue weighted by molar-refractivity contribution is 9.10. The van der Waals surface area contributed by atoms with Crippen LogP contribution in [0.15, 0.2) is 34.9 Å². The van der Waals surface area contributed by atoms with Crippen molar-refractivity contribution in [2.75, 3.05) is 7.11 Å². The molecule has 1 aromatic carbocycles. The zero-order valence-corrected chi connectivity index (χ0v) is 13.1. The lowest BCUT2D eigenvalue weighted by Crippen LogP contribution is -1.92. The van der Waals surface area contributed by atoms with E-state index in [0.29, 0.717) is 22.5 Å². The molecule has 1 heterocycles. The Morgan fingerprint density at radius 3 is 2.74 bits per heavy atom. The molecule has 0 atom stereocenters. The van der Waals surface area contributed by atoms with E-state index < -0.39 is 0 Å². The number of methoxy groups -OCH3 is 1. The van der Waals surface area contributed by atoms with Gasteiger partial charge in [-0.1, -0.05) is 11.6 Å². The van der Waals surface area contributed by atoms with E-state index >= 15 is 0 Å². The molecule has 0 saturated heterocycles. The Bertz CT molecular complexity index is 593. The number of rotatable bonds is 4. The third-order valence-electron chi connectivity index (χ3n) is 2.41. The Balaban J connectivity index is 2.26. The summed E-state index contributed by atoms with van der Waals surface area (Å²) in [4.78, 5) is 4.10. The highest BCUT2D eigenvalue weighted by Crippen LogP contribution is 2.33. The Hall–Kier alpha value is -0.970. The van der Waals surface area contributed by atoms with Gasteiger partial charge in [0.15, 0.2) is 0 Å². The quantitative estimate of drug-likeness (QED) is 0.714. The molecule has 0 fully saturated rings. The van der Waals surface area contributed by atoms with Crippen LogP contribution in [0.3, 0.4) is 0 Å². The lowest BCUT2D eigenvalue weighted by atomic mass is 10.3. The van der Waals surface area contributed by atoms with Crippen LogP contribution in [0, 0.1) is 0 Å². The summed E-state index contributed by atoms with van der Waals surface area (Å²) in [5.41, 5.74) is 0.776. The van der Waals surface area contributed by atoms with Gasteiger partial charge in [-0.05, 0) is 39.7 Å². The Morgan fingerprint density at radius 2 is 2.11 bits per heavy atom. The number of ether oxygens (including phenoxy) is 2. The van der Waals surface area contributed by atoms with Gasteiger partial charge in [-0.3, -0.25) is 0 Å². The number of halogens is 3. The van der Waals surface area contributed by atoms with E-state index in [2.05, 4.69) is 20.9 Å². The van der Waals surface area contributed by atoms with Gasteiger partial charge in [-0.25, -0.2) is 4.98 Å². The van der Waals surface area contributed by atoms with Crippen molar-refractivity contribution in [1.29, 1.82) is 0 Å². The molecule has 0 aliphatic carbocycles. The van der Waals surface area contributed by atoms with Crippen LogP contribution < -0.4 is 9.47 Å². The standard InChI is InChI=1S/C13H10BrCl2NO2/c1-18-9-2-3-12(10(14)5-9)19-13-4-8(6-15)11(16)7-17-13/h2-5,7H,6H2,1H3. The van der Waals surface area contributed by atoms with Gasteiger partial charge >= 0.3 is 0 Å². The molecule has 2 aromatic rings. The van der Waals surface area contributed by atoms with Crippen molar-refractivity contribution in [3.05, 3.63) is 45.5 Å². The summed E-state index contributed by atoms with van der Waals surface area (Å²) in [7, 11) is 1.61. The summed E-state index contributed by atoms with van der Waals surface area (Å²) < 4.78 is 11.6. The molecule has 0 aliphatic heterocycles. The van der Waals surface area contributed by atoms with Crippen LogP contribution in [-0.2, 0) is 5.88 Å². The van der Waals surface area contributed by atoms with Crippen LogP contribution in [0.1, 0.15) is 5.56 Å². The molecule has 19 heavy (non-hydrogen) atoms. The largest absolute Gasteiger partial charge is 0.497 e. The number of nitrogens with zero attached hydrogens (tertiary/aromatic N) is 1. The smallest absolute Gasteiger partial charge is 0.219 e. The van der Waals surface area contributed by atoms with Crippen molar-refractivity contribution >= 4 is 39.1 Å². The first-order valence-corrected chi connectivity index (χ1v) is 7.06. The van der Waals surface area contributed by atoms with E-state index in [9.17, 15) is 0 Å². The van der Waals surface area contributed by atoms with E-state index in [4.69, 9.17) is 32.7 Å². The fourth-order valence-electron chi connectivity index (χ4n) is 1.42. The van der Waals surface area contributed by atoms with E-state index in [1.54, 1.807) is 25.3 Å². The van der Waals surface area contributed by atoms with Crippen molar-refractivity contribution in [3.8, 4) is 17.4 Å². The van der Waals surface area contributed by atoms with E-state index in [1.165, 1.54) is 6.20 Å². The van der Waals surface area contributed by atoms with E-state index in [0.717, 1.165) is 15.8 Å². The van der Waals surface area contributed by atoms with Gasteiger partial charge in [-0.2, -0.15) is 0 Å². The number of hydrogen-bond donors (Lipinski definition) is 0. The average Bonchev–Trinajstić information content (AvgIpc) is 2.43. The Labute approximate surface area is 129 Å². The van der Waals surface area contributed by atoms with Gasteiger partial charge in [0.25, 0.3) is 0 Å². The molecule has 100 valence electrons. The van der Waals surface area contributed by atoms with Crippen molar-refractivity contribution in [3.63, 3.8) is 0 Å². The fraction of sp³-hybridized carbons (Fsp3) is 0.154. The maximum absolute atomic E-state index is 5.94. The molecular formula is C13H10BrCl2NO2. The molecule has 0 bridgehead atoms. The van der Waals surface area contributed by atoms with Crippen molar-refractivity contribution < 1.29 is 9.47 Å². The molecule has 0 spiro atoms. The number of benzene rings is 1. The second-order valence-electron chi connectivity index (χ2n) is 3.65. The summed E-state index contributed by atoms with van der Waals surface area (Å²) >= 11 is 15.1. The lowest BCUT2D eigenvalue weighted by Gasteiger charge is -2.09. The SMILES string of the molecule is COc1ccc(Oc2cc(CCl)c(Cl)cn2)c(Br)c1. The second kappa shape index (κ2) is 6.46. The van der Waals surface area contributed by atoms with Crippen LogP contribution >= 0.6 is 39.1 Å². The van der Waals surface area contributed by atoms with Gasteiger partial charge in [0, 0.05) is 18.1 Å². The summed E-state index contributed by atoms with van der Waals surface area (Å²) in [6, 6.07) is 7.12. The van der Waals surface area contributed by atoms with Crippen LogP contribution in [0.4, 0.5) is 0 Å². The third kappa shape index (κ3) is 3.53. The van der Waals surface area contributed by atoms with Crippen LogP contribution in [0.25, 0.3) is 0 Å². The minimum atomic E-state index is 0.307. The predicted molar refractivity (Wildman–Crippen MR) is 79.6 cm³/mol. The molecule has 0 unspecified atom stereocenters. The topological polar surface area (TPSA) is 31.4 Å². The summed E-state index contributed by atoms with van der Waals surface area (Å²) in [6.45, 7) is 0. The minimum Gasteiger partial charge on any atom is -0.497 e. The molecule has 0 radical (unpaired) electrons. The first-order valence-electron chi connectivity index (χ1n) is 5.36. The van der Waals surface area contributed by atoms with Gasteiger partial charge in [0.05, 0.1) is 16.6 Å². The van der Waals surface area contributed by atoms with Crippen LogP contribution in [0.5, 0.6) is 17.4 Å². The first kappa shape index (κ1) is 14.4. The Morgan fingerprint density at radius 1 is 1.32 bits per heavy atom. The molecule has 3 nitrogen and oxygen atoms in total. The van der Waals surface area contributed by atoms with Crippen LogP contribution in [0.2, 0.25) is 5.02 Å². The predicted octanol–water partition coefficient (Wildman–Crippen LogP) is 5.04. The van der Waals surface area contributed by atoms with E-state index in [-0.39, 0.29) is 0 Å². The number of aromatic nitrogens is 1. The normalized spacial score (nSPS) is 10.3. The van der Waals surface area contributed by atoms with Crippen LogP contribution in [-0.4, -0.2) is 12.1 Å². The van der Waals surface area contributed by atoms with E-state index in [1.807, 2.05) is 6.07 Å². The number of pyridine rings is 1. The molecule has 2 rings (SSSR count). The monoisotopic (exact) mass is 361 g/mol. The summed E-state index contributed by atoms with van der Waals surface area (Å²) in [6.07, 6.45) is 1.52. The average molecular weight is 363 g/mol. The van der Waals surface area contributed by atoms with Gasteiger partial charge in [0.2, 0.25) is 5.88 Å². The maximum Gasteiger partial charge on any atom is 0.219 e. The molecule has 0 aliphatic rings. The van der Waals surface area contributed by atoms with Gasteiger partial charge < -0.3 is 9.47 Å². The minimum absolute atomic E-state index is 0.307. The van der Waals surface area contributed by atoms with Gasteiger partial charge in [0.1, 0.15) is 11.5 Å². The summed E-state index contributed by atoms with van der Waals surface area (Å²) in [5.74, 6) is 2.12. The lowest BCUT2D eigenvalue weighted by molar-refractivity contribution is 0.411. The van der Waals surface area contributed by atoms with Crippen molar-refractivity contribution in [1.82, 2.24) is 4.98 Å². The molecule has 6 heteroatoms. The maximum atomic E-state index is 5.94. The fourth-order valence-corrected chi connectivity index (χ4v) is 2.32. The number of alkyl halides is 1. The summed E-state index contributed by atoms with van der Waals surface area (Å²) in [5, 5.41) is 0.524. The third-order valence-corrected chi connectivity index (χ3v) is 3.66. The second-order valence-corrected chi connectivity index (χ2v) is 5.17. The first-order chi connectivity index (χ1) is 9.13. The zero-order chi connectivity index (χ0) is 13.8. The van der Waals surface area contributed by atoms with Gasteiger partial charge in [-0.15, -0.1) is 11.6 Å². The van der Waals surface area contributed by atoms with Crippen molar-refractivity contribution in [2.45, 2.75) is 5.88 Å². The molecule has 0 saturated carbocycles. The molecule has 0 amide bonds. The molecule has 1 aromatic heterocycles. The highest BCUT2D eigenvalue weighted by Gasteiger charge is 2.08. The molecular weight excluding hydrogens is 353 g/mol. The zero-order valence-electron chi connectivity index (χ0n) is 9.99. The molecule has 0 N–H and O–H groups in total.